The summed E-state index contributed by atoms with van der Waals surface area (Å²) < 4.78 is 30.0. The number of hydrogen-bond donors (Lipinski definition) is 0. The molecule has 30 heavy (non-hydrogen) atoms. The van der Waals surface area contributed by atoms with Gasteiger partial charge in [-0.3, -0.25) is 0 Å². The van der Waals surface area contributed by atoms with E-state index >= 15 is 0 Å². The molecule has 0 aromatic heterocycles. The molecule has 4 unspecified atom stereocenters. The maximum Gasteiger partial charge on any atom is 0.333 e. The van der Waals surface area contributed by atoms with Gasteiger partial charge in [-0.15, -0.1) is 0 Å². The quantitative estimate of drug-likeness (QED) is 0.207. The molecule has 4 saturated carbocycles. The van der Waals surface area contributed by atoms with Gasteiger partial charge in [-0.2, -0.15) is 0 Å². The van der Waals surface area contributed by atoms with Gasteiger partial charge in [0.25, 0.3) is 0 Å². The Kier molecular flexibility index (Phi) is 5.49. The molecule has 4 bridgehead atoms. The van der Waals surface area contributed by atoms with Crippen molar-refractivity contribution in [3.05, 3.63) is 12.2 Å². The van der Waals surface area contributed by atoms with Crippen LogP contribution < -0.4 is 0 Å². The minimum absolute atomic E-state index is 0.237. The Balaban J connectivity index is 1.28. The van der Waals surface area contributed by atoms with Gasteiger partial charge in [0.1, 0.15) is 5.60 Å². The minimum Gasteiger partial charge on any atom is -0.455 e. The zero-order valence-corrected chi connectivity index (χ0v) is 18.3. The molecule has 2 heterocycles. The van der Waals surface area contributed by atoms with Crippen LogP contribution in [-0.2, 0) is 28.5 Å². The van der Waals surface area contributed by atoms with Gasteiger partial charge in [-0.1, -0.05) is 6.58 Å². The van der Waals surface area contributed by atoms with E-state index in [0.29, 0.717) is 23.7 Å². The maximum absolute atomic E-state index is 12.5. The monoisotopic (exact) mass is 420 g/mol. The molecule has 2 saturated heterocycles. The summed E-state index contributed by atoms with van der Waals surface area (Å²) in [7, 11) is 0. The van der Waals surface area contributed by atoms with Crippen molar-refractivity contribution in [3.63, 3.8) is 0 Å². The van der Waals surface area contributed by atoms with Crippen molar-refractivity contribution < 1.29 is 28.5 Å². The topological polar surface area (TPSA) is 69.8 Å². The Morgan fingerprint density at radius 2 is 1.37 bits per heavy atom. The first-order chi connectivity index (χ1) is 14.4. The summed E-state index contributed by atoms with van der Waals surface area (Å²) in [6, 6.07) is 0. The lowest BCUT2D eigenvalue weighted by Gasteiger charge is -2.64. The molecule has 6 rings (SSSR count). The average molecular weight is 421 g/mol. The molecule has 4 atom stereocenters. The highest BCUT2D eigenvalue weighted by molar-refractivity contribution is 5.87. The van der Waals surface area contributed by atoms with Gasteiger partial charge in [-0.25, -0.2) is 4.79 Å². The summed E-state index contributed by atoms with van der Waals surface area (Å²) in [6.45, 7) is 8.80. The minimum atomic E-state index is -0.478. The van der Waals surface area contributed by atoms with Gasteiger partial charge < -0.3 is 23.7 Å². The van der Waals surface area contributed by atoms with Crippen molar-refractivity contribution in [1.29, 1.82) is 0 Å². The summed E-state index contributed by atoms with van der Waals surface area (Å²) in [4.78, 5) is 12.5. The lowest BCUT2D eigenvalue weighted by Crippen LogP contribution is -2.68. The molecular weight excluding hydrogens is 384 g/mol. The van der Waals surface area contributed by atoms with E-state index in [9.17, 15) is 4.79 Å². The highest BCUT2D eigenvalue weighted by Gasteiger charge is 2.66. The highest BCUT2D eigenvalue weighted by Crippen LogP contribution is 2.63. The van der Waals surface area contributed by atoms with E-state index in [2.05, 4.69) is 6.58 Å². The fraction of sp³-hybridized carbons (Fsp3) is 0.875. The van der Waals surface area contributed by atoms with Gasteiger partial charge in [0.05, 0.1) is 36.6 Å². The van der Waals surface area contributed by atoms with E-state index in [0.717, 1.165) is 90.6 Å². The first kappa shape index (κ1) is 20.9. The molecule has 6 aliphatic rings. The van der Waals surface area contributed by atoms with Crippen molar-refractivity contribution >= 4 is 5.97 Å². The SMILES string of the molecule is C=C(C)C(=O)OC12CC3CC(OCCCC4CO4)(CC(OCCCC4CO4)(C3)C1)C2. The Hall–Kier alpha value is -0.950. The van der Waals surface area contributed by atoms with E-state index in [1.54, 1.807) is 6.92 Å². The van der Waals surface area contributed by atoms with Crippen molar-refractivity contribution in [2.45, 2.75) is 100 Å². The van der Waals surface area contributed by atoms with Gasteiger partial charge in [0, 0.05) is 38.0 Å². The average Bonchev–Trinajstić information content (AvgIpc) is 3.56. The number of carbonyl (C=O) groups excluding carboxylic acids is 1. The number of epoxide rings is 2. The third kappa shape index (κ3) is 4.62. The number of esters is 1. The van der Waals surface area contributed by atoms with Crippen LogP contribution in [0.4, 0.5) is 0 Å². The maximum atomic E-state index is 12.5. The zero-order valence-electron chi connectivity index (χ0n) is 18.3. The Morgan fingerprint density at radius 3 is 1.83 bits per heavy atom. The molecule has 0 radical (unpaired) electrons. The smallest absolute Gasteiger partial charge is 0.333 e. The van der Waals surface area contributed by atoms with Crippen LogP contribution in [0.2, 0.25) is 0 Å². The number of hydrogen-bond acceptors (Lipinski definition) is 6. The van der Waals surface area contributed by atoms with Crippen molar-refractivity contribution in [3.8, 4) is 0 Å². The lowest BCUT2D eigenvalue weighted by molar-refractivity contribution is -0.283. The number of carbonyl (C=O) groups is 1. The molecule has 0 aromatic carbocycles. The summed E-state index contributed by atoms with van der Waals surface area (Å²) in [5.74, 6) is 0.205. The molecule has 0 spiro atoms. The Morgan fingerprint density at radius 1 is 0.900 bits per heavy atom. The lowest BCUT2D eigenvalue weighted by atomic mass is 9.50. The van der Waals surface area contributed by atoms with Crippen LogP contribution in [0, 0.1) is 5.92 Å². The summed E-state index contributed by atoms with van der Waals surface area (Å²) in [5, 5.41) is 0. The van der Waals surface area contributed by atoms with Gasteiger partial charge in [0.15, 0.2) is 0 Å². The van der Waals surface area contributed by atoms with Crippen molar-refractivity contribution in [2.75, 3.05) is 26.4 Å². The fourth-order valence-corrected chi connectivity index (χ4v) is 6.57. The standard InChI is InChI=1S/C24H36O6/c1-17(2)21(25)30-24-11-18-9-22(15-24,28-7-3-5-19-12-26-19)14-23(10-18,16-24)29-8-4-6-20-13-27-20/h18-20H,1,3-16H2,2H3. The second-order valence-electron chi connectivity index (χ2n) is 10.6. The van der Waals surface area contributed by atoms with Crippen molar-refractivity contribution in [1.82, 2.24) is 0 Å². The van der Waals surface area contributed by atoms with Gasteiger partial charge in [-0.05, 0) is 57.8 Å². The van der Waals surface area contributed by atoms with Crippen LogP contribution in [0.1, 0.15) is 71.1 Å². The predicted octanol–water partition coefficient (Wildman–Crippen LogP) is 3.71. The highest BCUT2D eigenvalue weighted by atomic mass is 16.6. The van der Waals surface area contributed by atoms with E-state index in [-0.39, 0.29) is 17.2 Å². The van der Waals surface area contributed by atoms with Gasteiger partial charge >= 0.3 is 5.97 Å². The van der Waals surface area contributed by atoms with E-state index in [1.165, 1.54) is 0 Å². The molecule has 6 heteroatoms. The molecular formula is C24H36O6. The van der Waals surface area contributed by atoms with E-state index in [4.69, 9.17) is 23.7 Å². The number of ether oxygens (including phenoxy) is 5. The first-order valence-electron chi connectivity index (χ1n) is 11.8. The second kappa shape index (κ2) is 7.88. The molecule has 6 nitrogen and oxygen atoms in total. The second-order valence-corrected chi connectivity index (χ2v) is 10.6. The molecule has 0 aromatic rings. The van der Waals surface area contributed by atoms with Crippen LogP contribution in [-0.4, -0.2) is 61.4 Å². The predicted molar refractivity (Wildman–Crippen MR) is 110 cm³/mol. The van der Waals surface area contributed by atoms with Gasteiger partial charge in [0.2, 0.25) is 0 Å². The third-order valence-electron chi connectivity index (χ3n) is 7.53. The Labute approximate surface area is 179 Å². The van der Waals surface area contributed by atoms with E-state index < -0.39 is 5.60 Å². The molecule has 4 aliphatic carbocycles. The van der Waals surface area contributed by atoms with Crippen LogP contribution >= 0.6 is 0 Å². The summed E-state index contributed by atoms with van der Waals surface area (Å²) in [6.07, 6.45) is 10.6. The van der Waals surface area contributed by atoms with Crippen molar-refractivity contribution in [2.24, 2.45) is 5.92 Å². The molecule has 0 amide bonds. The third-order valence-corrected chi connectivity index (χ3v) is 7.53. The van der Waals surface area contributed by atoms with Crippen LogP contribution in [0.25, 0.3) is 0 Å². The summed E-state index contributed by atoms with van der Waals surface area (Å²) in [5.41, 5.74) is -0.490. The number of rotatable bonds is 12. The normalized spacial score (nSPS) is 42.9. The fourth-order valence-electron chi connectivity index (χ4n) is 6.57. The largest absolute Gasteiger partial charge is 0.455 e. The van der Waals surface area contributed by atoms with E-state index in [1.807, 2.05) is 0 Å². The first-order valence-corrected chi connectivity index (χ1v) is 11.8. The van der Waals surface area contributed by atoms with Crippen LogP contribution in [0.15, 0.2) is 12.2 Å². The molecule has 2 aliphatic heterocycles. The summed E-state index contributed by atoms with van der Waals surface area (Å²) >= 11 is 0. The Bertz CT molecular complexity index is 645. The zero-order chi connectivity index (χ0) is 20.8. The molecule has 6 fully saturated rings. The molecule has 168 valence electrons. The molecule has 0 N–H and O–H groups in total. The van der Waals surface area contributed by atoms with Crippen LogP contribution in [0.5, 0.6) is 0 Å². The van der Waals surface area contributed by atoms with Crippen LogP contribution in [0.3, 0.4) is 0 Å².